The van der Waals surface area contributed by atoms with Crippen LogP contribution in [-0.2, 0) is 20.1 Å². The monoisotopic (exact) mass is 216 g/mol. The Hall–Kier alpha value is -1.81. The van der Waals surface area contributed by atoms with E-state index in [0.29, 0.717) is 0 Å². The highest BCUT2D eigenvalue weighted by molar-refractivity contribution is 5.46. The number of nitrogen functional groups attached to an aromatic ring is 1. The average Bonchev–Trinajstić information content (AvgIpc) is 2.67. The fourth-order valence-electron chi connectivity index (χ4n) is 1.60. The van der Waals surface area contributed by atoms with Crippen LogP contribution in [0.15, 0.2) is 36.5 Å². The zero-order valence-corrected chi connectivity index (χ0v) is 9.35. The molecular weight excluding hydrogens is 200 g/mol. The van der Waals surface area contributed by atoms with E-state index in [1.165, 1.54) is 0 Å². The summed E-state index contributed by atoms with van der Waals surface area (Å²) in [6, 6.07) is 9.89. The Balaban J connectivity index is 1.89. The van der Waals surface area contributed by atoms with Crippen LogP contribution < -0.4 is 11.1 Å². The van der Waals surface area contributed by atoms with Crippen LogP contribution in [0.5, 0.6) is 0 Å². The molecule has 0 atom stereocenters. The molecule has 0 fully saturated rings. The SMILES string of the molecule is Cn1nccc1CNCc1ccccc1N. The zero-order chi connectivity index (χ0) is 11.4. The first kappa shape index (κ1) is 10.7. The third-order valence-corrected chi connectivity index (χ3v) is 2.60. The van der Waals surface area contributed by atoms with Gasteiger partial charge < -0.3 is 11.1 Å². The number of hydrogen-bond donors (Lipinski definition) is 2. The van der Waals surface area contributed by atoms with Crippen LogP contribution in [0.4, 0.5) is 5.69 Å². The summed E-state index contributed by atoms with van der Waals surface area (Å²) in [7, 11) is 1.94. The summed E-state index contributed by atoms with van der Waals surface area (Å²) >= 11 is 0. The number of aryl methyl sites for hydroxylation is 1. The summed E-state index contributed by atoms with van der Waals surface area (Å²) in [6.07, 6.45) is 1.80. The van der Waals surface area contributed by atoms with Crippen molar-refractivity contribution in [1.29, 1.82) is 0 Å². The molecule has 0 saturated heterocycles. The molecule has 0 aliphatic carbocycles. The number of anilines is 1. The Bertz CT molecular complexity index is 462. The summed E-state index contributed by atoms with van der Waals surface area (Å²) in [5, 5.41) is 7.46. The predicted molar refractivity (Wildman–Crippen MR) is 64.6 cm³/mol. The minimum absolute atomic E-state index is 0.776. The lowest BCUT2D eigenvalue weighted by molar-refractivity contribution is 0.627. The van der Waals surface area contributed by atoms with Crippen molar-refractivity contribution < 1.29 is 0 Å². The third-order valence-electron chi connectivity index (χ3n) is 2.60. The Labute approximate surface area is 95.1 Å². The van der Waals surface area contributed by atoms with Crippen molar-refractivity contribution in [2.45, 2.75) is 13.1 Å². The van der Waals surface area contributed by atoms with Crippen LogP contribution >= 0.6 is 0 Å². The molecule has 4 nitrogen and oxygen atoms in total. The average molecular weight is 216 g/mol. The van der Waals surface area contributed by atoms with Gasteiger partial charge in [-0.25, -0.2) is 0 Å². The Morgan fingerprint density at radius 2 is 2.06 bits per heavy atom. The lowest BCUT2D eigenvalue weighted by atomic mass is 10.2. The molecule has 16 heavy (non-hydrogen) atoms. The maximum Gasteiger partial charge on any atom is 0.0518 e. The lowest BCUT2D eigenvalue weighted by Gasteiger charge is -2.07. The first-order valence-electron chi connectivity index (χ1n) is 5.28. The first-order chi connectivity index (χ1) is 7.77. The van der Waals surface area contributed by atoms with Gasteiger partial charge in [-0.05, 0) is 17.7 Å². The van der Waals surface area contributed by atoms with E-state index < -0.39 is 0 Å². The molecule has 0 radical (unpaired) electrons. The third kappa shape index (κ3) is 2.41. The van der Waals surface area contributed by atoms with Crippen LogP contribution in [0, 0.1) is 0 Å². The number of hydrogen-bond acceptors (Lipinski definition) is 3. The van der Waals surface area contributed by atoms with Gasteiger partial charge in [0, 0.05) is 32.0 Å². The van der Waals surface area contributed by atoms with Gasteiger partial charge in [-0.1, -0.05) is 18.2 Å². The Morgan fingerprint density at radius 3 is 2.75 bits per heavy atom. The fourth-order valence-corrected chi connectivity index (χ4v) is 1.60. The van der Waals surface area contributed by atoms with Crippen molar-refractivity contribution in [2.75, 3.05) is 5.73 Å². The number of aromatic nitrogens is 2. The molecule has 1 heterocycles. The van der Waals surface area contributed by atoms with E-state index in [0.717, 1.165) is 30.0 Å². The second-order valence-corrected chi connectivity index (χ2v) is 3.75. The molecule has 1 aromatic heterocycles. The molecule has 0 amide bonds. The second-order valence-electron chi connectivity index (χ2n) is 3.75. The Morgan fingerprint density at radius 1 is 1.25 bits per heavy atom. The van der Waals surface area contributed by atoms with Crippen LogP contribution in [0.1, 0.15) is 11.3 Å². The molecule has 1 aromatic carbocycles. The highest BCUT2D eigenvalue weighted by Crippen LogP contribution is 2.09. The largest absolute Gasteiger partial charge is 0.398 e. The highest BCUT2D eigenvalue weighted by Gasteiger charge is 1.99. The van der Waals surface area contributed by atoms with Crippen molar-refractivity contribution >= 4 is 5.69 Å². The minimum Gasteiger partial charge on any atom is -0.398 e. The normalized spacial score (nSPS) is 10.6. The van der Waals surface area contributed by atoms with E-state index in [1.807, 2.05) is 42.1 Å². The van der Waals surface area contributed by atoms with Crippen molar-refractivity contribution in [3.8, 4) is 0 Å². The van der Waals surface area contributed by atoms with Crippen molar-refractivity contribution in [1.82, 2.24) is 15.1 Å². The topological polar surface area (TPSA) is 55.9 Å². The van der Waals surface area contributed by atoms with E-state index in [4.69, 9.17) is 5.73 Å². The molecule has 0 spiro atoms. The highest BCUT2D eigenvalue weighted by atomic mass is 15.3. The van der Waals surface area contributed by atoms with Gasteiger partial charge in [0.05, 0.1) is 5.69 Å². The smallest absolute Gasteiger partial charge is 0.0518 e. The van der Waals surface area contributed by atoms with Crippen LogP contribution in [0.2, 0.25) is 0 Å². The summed E-state index contributed by atoms with van der Waals surface area (Å²) in [4.78, 5) is 0. The maximum atomic E-state index is 5.85. The molecule has 0 aliphatic rings. The molecular formula is C12H16N4. The van der Waals surface area contributed by atoms with Crippen molar-refractivity contribution in [3.63, 3.8) is 0 Å². The van der Waals surface area contributed by atoms with Crippen molar-refractivity contribution in [2.24, 2.45) is 7.05 Å². The molecule has 0 saturated carbocycles. The quantitative estimate of drug-likeness (QED) is 0.757. The molecule has 0 aliphatic heterocycles. The standard InChI is InChI=1S/C12H16N4/c1-16-11(6-7-15-16)9-14-8-10-4-2-3-5-12(10)13/h2-7,14H,8-9,13H2,1H3. The number of nitrogens with zero attached hydrogens (tertiary/aromatic N) is 2. The van der Waals surface area contributed by atoms with Gasteiger partial charge in [0.2, 0.25) is 0 Å². The number of rotatable bonds is 4. The maximum absolute atomic E-state index is 5.85. The van der Waals surface area contributed by atoms with E-state index in [2.05, 4.69) is 10.4 Å². The van der Waals surface area contributed by atoms with Crippen LogP contribution in [-0.4, -0.2) is 9.78 Å². The predicted octanol–water partition coefficient (Wildman–Crippen LogP) is 1.29. The lowest BCUT2D eigenvalue weighted by Crippen LogP contribution is -2.16. The van der Waals surface area contributed by atoms with Gasteiger partial charge in [-0.2, -0.15) is 5.10 Å². The molecule has 4 heteroatoms. The number of benzene rings is 1. The number of para-hydroxylation sites is 1. The molecule has 2 rings (SSSR count). The van der Waals surface area contributed by atoms with E-state index >= 15 is 0 Å². The van der Waals surface area contributed by atoms with Gasteiger partial charge >= 0.3 is 0 Å². The summed E-state index contributed by atoms with van der Waals surface area (Å²) in [6.45, 7) is 1.57. The van der Waals surface area contributed by atoms with Gasteiger partial charge in [-0.15, -0.1) is 0 Å². The van der Waals surface area contributed by atoms with E-state index in [1.54, 1.807) is 6.20 Å². The molecule has 2 aromatic rings. The van der Waals surface area contributed by atoms with Gasteiger partial charge in [0.15, 0.2) is 0 Å². The number of nitrogens with two attached hydrogens (primary N) is 1. The van der Waals surface area contributed by atoms with Crippen LogP contribution in [0.3, 0.4) is 0 Å². The summed E-state index contributed by atoms with van der Waals surface area (Å²) in [5.41, 5.74) is 8.98. The fraction of sp³-hybridized carbons (Fsp3) is 0.250. The van der Waals surface area contributed by atoms with Gasteiger partial charge in [0.1, 0.15) is 0 Å². The first-order valence-corrected chi connectivity index (χ1v) is 5.28. The zero-order valence-electron chi connectivity index (χ0n) is 9.35. The summed E-state index contributed by atoms with van der Waals surface area (Å²) in [5.74, 6) is 0. The molecule has 0 unspecified atom stereocenters. The van der Waals surface area contributed by atoms with Gasteiger partial charge in [-0.3, -0.25) is 4.68 Å². The van der Waals surface area contributed by atoms with E-state index in [-0.39, 0.29) is 0 Å². The Kier molecular flexibility index (Phi) is 3.22. The number of nitrogens with one attached hydrogen (secondary N) is 1. The van der Waals surface area contributed by atoms with Gasteiger partial charge in [0.25, 0.3) is 0 Å². The molecule has 3 N–H and O–H groups in total. The van der Waals surface area contributed by atoms with Crippen LogP contribution in [0.25, 0.3) is 0 Å². The minimum atomic E-state index is 0.776. The summed E-state index contributed by atoms with van der Waals surface area (Å²) < 4.78 is 1.86. The molecule has 84 valence electrons. The second kappa shape index (κ2) is 4.81. The molecule has 0 bridgehead atoms. The van der Waals surface area contributed by atoms with Crippen molar-refractivity contribution in [3.05, 3.63) is 47.8 Å². The van der Waals surface area contributed by atoms with E-state index in [9.17, 15) is 0 Å².